The van der Waals surface area contributed by atoms with Gasteiger partial charge in [-0.15, -0.1) is 0 Å². The molecular weight excluding hydrogens is 899 g/mol. The molecule has 12 N–H and O–H groups in total. The third-order valence-corrected chi connectivity index (χ3v) is 12.9. The number of nitrogens with zero attached hydrogens (tertiary/aromatic N) is 5. The minimum Gasteiger partial charge on any atom is -0.491 e. The fourth-order valence-corrected chi connectivity index (χ4v) is 9.17. The lowest BCUT2D eigenvalue weighted by atomic mass is 9.93. The van der Waals surface area contributed by atoms with Gasteiger partial charge < -0.3 is 75.8 Å². The zero-order valence-electron chi connectivity index (χ0n) is 33.4. The summed E-state index contributed by atoms with van der Waals surface area (Å²) in [4.78, 5) is 68.6. The third-order valence-electron chi connectivity index (χ3n) is 9.11. The van der Waals surface area contributed by atoms with Crippen LogP contribution in [-0.4, -0.2) is 113 Å². The van der Waals surface area contributed by atoms with E-state index < -0.39 is 60.7 Å². The topological polar surface area (TPSA) is 397 Å². The van der Waals surface area contributed by atoms with Gasteiger partial charge >= 0.3 is 23.5 Å². The minimum absolute atomic E-state index is 0.00113. The van der Waals surface area contributed by atoms with Crippen molar-refractivity contribution in [2.24, 2.45) is 21.6 Å². The molecule has 346 valence electrons. The Hall–Kier alpha value is -4.41. The molecule has 4 unspecified atom stereocenters. The van der Waals surface area contributed by atoms with Crippen LogP contribution in [0.25, 0.3) is 10.4 Å². The molecule has 1 aliphatic carbocycles. The number of carbonyl (C=O) groups excluding carboxylic acids is 2. The molecule has 3 heterocycles. The fourth-order valence-electron chi connectivity index (χ4n) is 6.12. The van der Waals surface area contributed by atoms with Crippen LogP contribution in [-0.2, 0) is 45.8 Å². The summed E-state index contributed by atoms with van der Waals surface area (Å²) in [6, 6.07) is 7.07. The minimum atomic E-state index is -5.69. The molecule has 1 saturated heterocycles. The Labute approximate surface area is 359 Å². The van der Waals surface area contributed by atoms with Crippen LogP contribution >= 0.6 is 23.5 Å². The lowest BCUT2D eigenvalue weighted by Gasteiger charge is -2.26. The van der Waals surface area contributed by atoms with Gasteiger partial charge in [0.2, 0.25) is 5.91 Å². The number of ether oxygens (including phenoxy) is 4. The highest BCUT2D eigenvalue weighted by molar-refractivity contribution is 7.66. The van der Waals surface area contributed by atoms with Crippen molar-refractivity contribution in [1.29, 1.82) is 0 Å². The van der Waals surface area contributed by atoms with Gasteiger partial charge in [0.15, 0.2) is 12.2 Å². The van der Waals surface area contributed by atoms with Crippen LogP contribution < -0.4 is 37.5 Å². The van der Waals surface area contributed by atoms with Crippen molar-refractivity contribution < 1.29 is 75.0 Å². The summed E-state index contributed by atoms with van der Waals surface area (Å²) in [5, 5.41) is 15.2. The van der Waals surface area contributed by atoms with Gasteiger partial charge in [0.1, 0.15) is 37.2 Å². The number of guanidine groups is 1. The summed E-state index contributed by atoms with van der Waals surface area (Å²) < 4.78 is 70.9. The highest BCUT2D eigenvalue weighted by Gasteiger charge is 2.42. The first-order valence-corrected chi connectivity index (χ1v) is 23.7. The second-order valence-corrected chi connectivity index (χ2v) is 18.2. The van der Waals surface area contributed by atoms with Crippen molar-refractivity contribution in [3.63, 3.8) is 0 Å². The number of phosphoric acid groups is 3. The molecule has 1 aromatic carbocycles. The first-order valence-electron chi connectivity index (χ1n) is 19.2. The summed E-state index contributed by atoms with van der Waals surface area (Å²) in [7, 11) is -16.6. The molecule has 0 spiro atoms. The van der Waals surface area contributed by atoms with Crippen molar-refractivity contribution in [2.45, 2.75) is 62.9 Å². The maximum atomic E-state index is 12.6. The smallest absolute Gasteiger partial charge is 0.490 e. The van der Waals surface area contributed by atoms with E-state index in [1.54, 1.807) is 35.0 Å². The Morgan fingerprint density at radius 1 is 1.10 bits per heavy atom. The molecule has 2 aliphatic heterocycles. The zero-order chi connectivity index (χ0) is 45.6. The van der Waals surface area contributed by atoms with E-state index in [1.165, 1.54) is 6.42 Å². The van der Waals surface area contributed by atoms with Gasteiger partial charge in [-0.3, -0.25) is 14.1 Å². The number of fused-ring (bicyclic) bond motifs is 1. The molecule has 5 rings (SSSR count). The van der Waals surface area contributed by atoms with E-state index in [0.29, 0.717) is 53.8 Å². The number of aliphatic imine (C=N–C) groups is 1. The van der Waals surface area contributed by atoms with Crippen LogP contribution in [0.5, 0.6) is 5.75 Å². The number of benzene rings is 1. The number of rotatable bonds is 24. The monoisotopic (exact) mass is 947 g/mol. The lowest BCUT2D eigenvalue weighted by Crippen LogP contribution is -2.41. The van der Waals surface area contributed by atoms with Gasteiger partial charge in [0.05, 0.1) is 38.0 Å². The summed E-state index contributed by atoms with van der Waals surface area (Å²) in [6.07, 6.45) is 2.22. The van der Waals surface area contributed by atoms with Gasteiger partial charge in [-0.2, -0.15) is 13.6 Å². The molecule has 6 atom stereocenters. The summed E-state index contributed by atoms with van der Waals surface area (Å²) >= 11 is 0. The SMILES string of the molecule is [N-]=[N+]=NC(COc1cccc(C(=O)NCCNC2CCC2)c1)OCCOCC(=O)NCC#Cc1cn([C@H]2CC[C@@H](COP(=O)(O)OP(=O)(O)OP(=O)(O)O)O2)c2c1C(N)NC(N)=N2. The predicted molar refractivity (Wildman–Crippen MR) is 218 cm³/mol. The van der Waals surface area contributed by atoms with Crippen molar-refractivity contribution in [2.75, 3.05) is 52.7 Å². The molecule has 63 heavy (non-hydrogen) atoms. The molecule has 1 aromatic heterocycles. The first-order chi connectivity index (χ1) is 29.9. The maximum absolute atomic E-state index is 12.6. The lowest BCUT2D eigenvalue weighted by molar-refractivity contribution is -0.126. The van der Waals surface area contributed by atoms with E-state index in [1.807, 2.05) is 0 Å². The normalized spacial score (nSPS) is 20.8. The van der Waals surface area contributed by atoms with E-state index in [0.717, 1.165) is 12.8 Å². The maximum Gasteiger partial charge on any atom is 0.490 e. The van der Waals surface area contributed by atoms with Crippen LogP contribution in [0.4, 0.5) is 5.82 Å². The third kappa shape index (κ3) is 16.3. The zero-order valence-corrected chi connectivity index (χ0v) is 36.1. The molecule has 3 aliphatic rings. The van der Waals surface area contributed by atoms with Crippen molar-refractivity contribution in [1.82, 2.24) is 25.8 Å². The van der Waals surface area contributed by atoms with Crippen molar-refractivity contribution in [3.05, 3.63) is 57.6 Å². The van der Waals surface area contributed by atoms with Crippen LogP contribution in [0, 0.1) is 11.8 Å². The number of azide groups is 1. The van der Waals surface area contributed by atoms with Gasteiger partial charge in [-0.25, -0.2) is 13.7 Å². The second-order valence-electron chi connectivity index (χ2n) is 13.8. The Morgan fingerprint density at radius 3 is 2.62 bits per heavy atom. The largest absolute Gasteiger partial charge is 0.491 e. The highest BCUT2D eigenvalue weighted by Crippen LogP contribution is 2.66. The number of nitrogens with two attached hydrogens (primary N) is 2. The molecule has 2 aromatic rings. The van der Waals surface area contributed by atoms with Gasteiger partial charge in [-0.05, 0) is 49.4 Å². The summed E-state index contributed by atoms with van der Waals surface area (Å²) in [5.74, 6) is 5.68. The van der Waals surface area contributed by atoms with E-state index in [9.17, 15) is 33.1 Å². The average Bonchev–Trinajstić information content (AvgIpc) is 3.80. The fraction of sp³-hybridized carbons (Fsp3) is 0.545. The molecule has 30 heteroatoms. The van der Waals surface area contributed by atoms with E-state index >= 15 is 0 Å². The molecule has 2 amide bonds. The quantitative estimate of drug-likeness (QED) is 0.0176. The van der Waals surface area contributed by atoms with Crippen LogP contribution in [0.1, 0.15) is 66.0 Å². The molecule has 0 bridgehead atoms. The van der Waals surface area contributed by atoms with Crippen molar-refractivity contribution in [3.8, 4) is 17.6 Å². The molecule has 27 nitrogen and oxygen atoms in total. The molecular formula is C33H48N11O16P3. The Kier molecular flexibility index (Phi) is 18.1. The second kappa shape index (κ2) is 23.0. The van der Waals surface area contributed by atoms with E-state index in [2.05, 4.69) is 56.7 Å². The number of hydrogen-bond donors (Lipinski definition) is 10. The highest BCUT2D eigenvalue weighted by atomic mass is 31.3. The molecule has 1 saturated carbocycles. The number of phosphoric ester groups is 1. The number of nitrogens with one attached hydrogen (secondary N) is 4. The van der Waals surface area contributed by atoms with E-state index in [-0.39, 0.29) is 51.3 Å². The summed E-state index contributed by atoms with van der Waals surface area (Å²) in [5.41, 5.74) is 22.4. The summed E-state index contributed by atoms with van der Waals surface area (Å²) in [6.45, 7) is -0.119. The number of amides is 2. The standard InChI is InChI=1S/C33H48N11O16P3/c34-30-29-22(17-44(31(29)41-33(35)40-30)28-10-9-25(58-28)18-57-62(50,51)60-63(52,53)59-61(47,48)49)5-3-11-38-26(45)19-54-14-15-55-27(42-43-36)20-56-24-8-1-4-21(16-24)32(46)39-13-12-37-23-6-2-7-23/h1,4,8,16-17,23,25,27-28,30,37H,2,6-7,9-15,18-20,34H2,(H,38,45)(H,39,46)(H,50,51)(H,52,53)(H3,35,40,41)(H2,47,48,49)/t25-,27?,28+,30?/m0/s1. The number of hydrogen-bond acceptors (Lipinski definition) is 18. The number of carbonyl (C=O) groups is 2. The number of aromatic nitrogens is 1. The first kappa shape index (κ1) is 49.6. The Bertz CT molecular complexity index is 2220. The van der Waals surface area contributed by atoms with Crippen molar-refractivity contribution >= 4 is 47.1 Å². The van der Waals surface area contributed by atoms with Gasteiger partial charge in [-0.1, -0.05) is 29.4 Å². The Balaban J connectivity index is 1.03. The average molecular weight is 948 g/mol. The van der Waals surface area contributed by atoms with Crippen LogP contribution in [0.3, 0.4) is 0 Å². The molecule has 0 radical (unpaired) electrons. The van der Waals surface area contributed by atoms with Crippen LogP contribution in [0.2, 0.25) is 0 Å². The Morgan fingerprint density at radius 2 is 1.89 bits per heavy atom. The molecule has 2 fully saturated rings. The van der Waals surface area contributed by atoms with Gasteiger partial charge in [0.25, 0.3) is 5.91 Å². The van der Waals surface area contributed by atoms with Crippen LogP contribution in [0.15, 0.2) is 40.6 Å². The van der Waals surface area contributed by atoms with Gasteiger partial charge in [0, 0.05) is 41.4 Å². The van der Waals surface area contributed by atoms with E-state index in [4.69, 9.17) is 50.3 Å². The predicted octanol–water partition coefficient (Wildman–Crippen LogP) is 1.10.